The summed E-state index contributed by atoms with van der Waals surface area (Å²) in [6.07, 6.45) is 2.93. The number of hydrogen-bond donors (Lipinski definition) is 0. The molecule has 0 N–H and O–H groups in total. The summed E-state index contributed by atoms with van der Waals surface area (Å²) in [5.74, 6) is 0. The zero-order chi connectivity index (χ0) is 11.2. The minimum atomic E-state index is -3.37. The van der Waals surface area contributed by atoms with Crippen LogP contribution in [0.5, 0.6) is 0 Å². The van der Waals surface area contributed by atoms with Crippen molar-refractivity contribution in [3.63, 3.8) is 0 Å². The molecule has 0 aromatic rings. The standard InChI is InChI=1S/2C3H7.CH4O3S.CH3O.Sn/c2*1-3-2;1-5(2,3)4;1-2;/h2*1,3H2,2H3;1H3,(H,2,3,4);1H3;/q;;;-1;+2/p-1. The number of hydrogen-bond acceptors (Lipinski definition) is 4. The van der Waals surface area contributed by atoms with E-state index in [0.29, 0.717) is 0 Å². The molecule has 86 valence electrons. The van der Waals surface area contributed by atoms with E-state index in [1.54, 1.807) is 7.11 Å². The molecule has 0 aromatic heterocycles. The molecule has 0 spiro atoms. The van der Waals surface area contributed by atoms with Gasteiger partial charge in [-0.15, -0.1) is 0 Å². The monoisotopic (exact) mass is 332 g/mol. The van der Waals surface area contributed by atoms with Crippen LogP contribution in [0.25, 0.3) is 0 Å². The van der Waals surface area contributed by atoms with Gasteiger partial charge in [0.15, 0.2) is 0 Å². The van der Waals surface area contributed by atoms with Gasteiger partial charge >= 0.3 is 92.3 Å². The topological polar surface area (TPSA) is 52.6 Å². The average Bonchev–Trinajstić information content (AvgIpc) is 2.02. The fourth-order valence-electron chi connectivity index (χ4n) is 1.48. The molecule has 0 aromatic carbocycles. The summed E-state index contributed by atoms with van der Waals surface area (Å²) >= 11 is -3.28. The predicted molar refractivity (Wildman–Crippen MR) is 58.9 cm³/mol. The molecule has 0 aliphatic heterocycles. The molecular formula is C8H20O4SSn. The quantitative estimate of drug-likeness (QED) is 0.669. The van der Waals surface area contributed by atoms with E-state index in [2.05, 4.69) is 0 Å². The van der Waals surface area contributed by atoms with Gasteiger partial charge in [0, 0.05) is 0 Å². The third kappa shape index (κ3) is 5.53. The van der Waals surface area contributed by atoms with Crippen LogP contribution in [0.3, 0.4) is 0 Å². The first-order valence-electron chi connectivity index (χ1n) is 4.85. The molecular weight excluding hydrogens is 311 g/mol. The van der Waals surface area contributed by atoms with E-state index in [9.17, 15) is 8.42 Å². The van der Waals surface area contributed by atoms with E-state index in [1.165, 1.54) is 0 Å². The first-order chi connectivity index (χ1) is 6.39. The van der Waals surface area contributed by atoms with Crippen LogP contribution >= 0.6 is 0 Å². The zero-order valence-electron chi connectivity index (χ0n) is 9.37. The Balaban J connectivity index is 4.65. The van der Waals surface area contributed by atoms with Crippen molar-refractivity contribution in [3.8, 4) is 0 Å². The van der Waals surface area contributed by atoms with Crippen LogP contribution in [0.1, 0.15) is 26.7 Å². The molecule has 6 heteroatoms. The van der Waals surface area contributed by atoms with Crippen molar-refractivity contribution in [3.05, 3.63) is 0 Å². The number of rotatable bonds is 7. The van der Waals surface area contributed by atoms with Gasteiger partial charge in [0.25, 0.3) is 0 Å². The van der Waals surface area contributed by atoms with E-state index < -0.39 is 29.3 Å². The van der Waals surface area contributed by atoms with Crippen molar-refractivity contribution in [1.29, 1.82) is 0 Å². The van der Waals surface area contributed by atoms with Gasteiger partial charge in [0.2, 0.25) is 0 Å². The van der Waals surface area contributed by atoms with Gasteiger partial charge < -0.3 is 0 Å². The normalized spacial score (nSPS) is 13.1. The van der Waals surface area contributed by atoms with E-state index in [-0.39, 0.29) is 0 Å². The maximum absolute atomic E-state index is 11.1. The average molecular weight is 331 g/mol. The molecule has 4 nitrogen and oxygen atoms in total. The Bertz CT molecular complexity index is 244. The third-order valence-corrected chi connectivity index (χ3v) is 17.1. The molecule has 0 saturated heterocycles. The maximum atomic E-state index is 11.1. The Morgan fingerprint density at radius 3 is 1.79 bits per heavy atom. The molecule has 0 unspecified atom stereocenters. The molecule has 0 saturated carbocycles. The van der Waals surface area contributed by atoms with Gasteiger partial charge in [-0.05, 0) is 0 Å². The van der Waals surface area contributed by atoms with E-state index in [4.69, 9.17) is 5.59 Å². The molecule has 0 heterocycles. The predicted octanol–water partition coefficient (Wildman–Crippen LogP) is 1.87. The zero-order valence-corrected chi connectivity index (χ0v) is 13.0. The van der Waals surface area contributed by atoms with Crippen molar-refractivity contribution in [1.82, 2.24) is 0 Å². The Morgan fingerprint density at radius 2 is 1.57 bits per heavy atom. The molecule has 0 bridgehead atoms. The van der Waals surface area contributed by atoms with Gasteiger partial charge in [0.1, 0.15) is 0 Å². The first kappa shape index (κ1) is 14.7. The SMILES string of the molecule is CC[CH2][Sn]([CH2]CC)([O]C)[O]S(C)(=O)=O. The molecule has 14 heavy (non-hydrogen) atoms. The molecule has 0 amide bonds. The second kappa shape index (κ2) is 6.29. The Labute approximate surface area is 92.1 Å². The van der Waals surface area contributed by atoms with Crippen LogP contribution in [0.15, 0.2) is 0 Å². The van der Waals surface area contributed by atoms with Crippen molar-refractivity contribution < 1.29 is 14.0 Å². The van der Waals surface area contributed by atoms with Gasteiger partial charge in [0.05, 0.1) is 0 Å². The van der Waals surface area contributed by atoms with Gasteiger partial charge in [-0.25, -0.2) is 0 Å². The van der Waals surface area contributed by atoms with Gasteiger partial charge in [-0.1, -0.05) is 0 Å². The summed E-state index contributed by atoms with van der Waals surface area (Å²) < 4.78 is 34.4. The van der Waals surface area contributed by atoms with Crippen molar-refractivity contribution in [2.24, 2.45) is 0 Å². The third-order valence-electron chi connectivity index (χ3n) is 1.94. The summed E-state index contributed by atoms with van der Waals surface area (Å²) in [7, 11) is -1.79. The van der Waals surface area contributed by atoms with Crippen LogP contribution < -0.4 is 0 Å². The van der Waals surface area contributed by atoms with Crippen LogP contribution in [0.4, 0.5) is 0 Å². The second-order valence-corrected chi connectivity index (χ2v) is 15.6. The van der Waals surface area contributed by atoms with Gasteiger partial charge in [-0.2, -0.15) is 0 Å². The molecule has 0 radical (unpaired) electrons. The fraction of sp³-hybridized carbons (Fsp3) is 1.00. The Morgan fingerprint density at radius 1 is 1.14 bits per heavy atom. The molecule has 0 rings (SSSR count). The van der Waals surface area contributed by atoms with Crippen molar-refractivity contribution in [2.45, 2.75) is 35.6 Å². The van der Waals surface area contributed by atoms with Crippen LogP contribution in [0, 0.1) is 0 Å². The summed E-state index contributed by atoms with van der Waals surface area (Å²) in [5, 5.41) is 0. The Hall–Kier alpha value is 0.669. The van der Waals surface area contributed by atoms with E-state index in [0.717, 1.165) is 28.0 Å². The van der Waals surface area contributed by atoms with E-state index >= 15 is 0 Å². The molecule has 0 aliphatic carbocycles. The molecule has 0 atom stereocenters. The first-order valence-corrected chi connectivity index (χ1v) is 13.0. The van der Waals surface area contributed by atoms with Crippen molar-refractivity contribution >= 4 is 29.3 Å². The Kier molecular flexibility index (Phi) is 6.60. The van der Waals surface area contributed by atoms with Crippen LogP contribution in [-0.4, -0.2) is 41.0 Å². The second-order valence-electron chi connectivity index (χ2n) is 3.40. The fourth-order valence-corrected chi connectivity index (χ4v) is 15.2. The van der Waals surface area contributed by atoms with Gasteiger partial charge in [-0.3, -0.25) is 0 Å². The van der Waals surface area contributed by atoms with Crippen LogP contribution in [-0.2, 0) is 15.7 Å². The van der Waals surface area contributed by atoms with Crippen molar-refractivity contribution in [2.75, 3.05) is 13.4 Å². The summed E-state index contributed by atoms with van der Waals surface area (Å²) in [5.41, 5.74) is 0. The molecule has 0 fully saturated rings. The van der Waals surface area contributed by atoms with Crippen LogP contribution in [0.2, 0.25) is 8.87 Å². The summed E-state index contributed by atoms with van der Waals surface area (Å²) in [4.78, 5) is 0. The summed E-state index contributed by atoms with van der Waals surface area (Å²) in [6.45, 7) is 4.04. The molecule has 0 aliphatic rings. The summed E-state index contributed by atoms with van der Waals surface area (Å²) in [6, 6.07) is 0. The minimum absolute atomic E-state index is 0.798. The van der Waals surface area contributed by atoms with E-state index in [1.807, 2.05) is 13.8 Å².